The molecule has 1 aliphatic rings. The van der Waals surface area contributed by atoms with Gasteiger partial charge in [0.1, 0.15) is 11.4 Å². The van der Waals surface area contributed by atoms with Crippen molar-refractivity contribution >= 4 is 34.2 Å². The lowest BCUT2D eigenvalue weighted by atomic mass is 9.72. The summed E-state index contributed by atoms with van der Waals surface area (Å²) in [6, 6.07) is 0. The predicted molar refractivity (Wildman–Crippen MR) is 101 cm³/mol. The molecule has 26 heavy (non-hydrogen) atoms. The lowest BCUT2D eigenvalue weighted by molar-refractivity contribution is -0.142. The molecule has 6 nitrogen and oxygen atoms in total. The van der Waals surface area contributed by atoms with Crippen LogP contribution in [-0.2, 0) is 31.9 Å². The van der Waals surface area contributed by atoms with Crippen molar-refractivity contribution in [1.82, 2.24) is 0 Å². The van der Waals surface area contributed by atoms with Crippen LogP contribution in [0.2, 0.25) is 0 Å². The van der Waals surface area contributed by atoms with Crippen molar-refractivity contribution in [3.63, 3.8) is 0 Å². The van der Waals surface area contributed by atoms with Gasteiger partial charge in [-0.25, -0.2) is 4.79 Å². The summed E-state index contributed by atoms with van der Waals surface area (Å²) in [5.41, 5.74) is 1.60. The molecule has 0 spiro atoms. The summed E-state index contributed by atoms with van der Waals surface area (Å²) in [6.07, 6.45) is 2.28. The van der Waals surface area contributed by atoms with Crippen LogP contribution in [0.3, 0.4) is 0 Å². The van der Waals surface area contributed by atoms with Crippen molar-refractivity contribution in [2.45, 2.75) is 53.4 Å². The molecule has 144 valence electrons. The van der Waals surface area contributed by atoms with E-state index in [0.29, 0.717) is 16.5 Å². The molecule has 1 unspecified atom stereocenters. The van der Waals surface area contributed by atoms with E-state index < -0.39 is 17.8 Å². The Balaban J connectivity index is 2.32. The first-order valence-electron chi connectivity index (χ1n) is 8.85. The number of hydrogen-bond donors (Lipinski definition) is 1. The molecular weight excluding hydrogens is 354 g/mol. The quantitative estimate of drug-likeness (QED) is 0.623. The van der Waals surface area contributed by atoms with E-state index in [4.69, 9.17) is 4.74 Å². The van der Waals surface area contributed by atoms with Gasteiger partial charge in [-0.3, -0.25) is 9.59 Å². The zero-order chi connectivity index (χ0) is 19.5. The van der Waals surface area contributed by atoms with Crippen LogP contribution in [0.15, 0.2) is 0 Å². The summed E-state index contributed by atoms with van der Waals surface area (Å²) in [7, 11) is 1.23. The second-order valence-corrected chi connectivity index (χ2v) is 8.64. The first-order chi connectivity index (χ1) is 12.2. The molecule has 1 heterocycles. The number of ether oxygens (including phenoxy) is 2. The molecule has 0 aliphatic heterocycles. The van der Waals surface area contributed by atoms with Gasteiger partial charge in [0.2, 0.25) is 5.91 Å². The Bertz CT molecular complexity index is 702. The predicted octanol–water partition coefficient (Wildman–Crippen LogP) is 3.58. The summed E-state index contributed by atoms with van der Waals surface area (Å²) in [5, 5.41) is 3.17. The third kappa shape index (κ3) is 4.63. The smallest absolute Gasteiger partial charge is 0.341 e. The number of esters is 2. The molecule has 0 saturated heterocycles. The zero-order valence-electron chi connectivity index (χ0n) is 16.1. The first-order valence-corrected chi connectivity index (χ1v) is 9.67. The van der Waals surface area contributed by atoms with E-state index in [1.165, 1.54) is 18.4 Å². The second kappa shape index (κ2) is 8.20. The highest BCUT2D eigenvalue weighted by molar-refractivity contribution is 7.17. The maximum atomic E-state index is 12.5. The van der Waals surface area contributed by atoms with Crippen LogP contribution in [-0.4, -0.2) is 31.6 Å². The molecule has 1 aromatic rings. The lowest BCUT2D eigenvalue weighted by Gasteiger charge is -2.33. The zero-order valence-corrected chi connectivity index (χ0v) is 16.9. The molecule has 1 amide bonds. The number of thiophene rings is 1. The molecule has 7 heteroatoms. The third-order valence-electron chi connectivity index (χ3n) is 4.76. The van der Waals surface area contributed by atoms with Crippen molar-refractivity contribution in [2.24, 2.45) is 11.3 Å². The minimum Gasteiger partial charge on any atom is -0.469 e. The fourth-order valence-electron chi connectivity index (χ4n) is 3.21. The Kier molecular flexibility index (Phi) is 6.44. The number of rotatable bonds is 5. The van der Waals surface area contributed by atoms with Gasteiger partial charge in [0.05, 0.1) is 19.3 Å². The Labute approximate surface area is 158 Å². The van der Waals surface area contributed by atoms with Crippen LogP contribution in [0.5, 0.6) is 0 Å². The van der Waals surface area contributed by atoms with Crippen molar-refractivity contribution in [3.8, 4) is 0 Å². The average Bonchev–Trinajstić information content (AvgIpc) is 2.90. The minimum atomic E-state index is -0.616. The number of anilines is 1. The van der Waals surface area contributed by atoms with Gasteiger partial charge in [-0.2, -0.15) is 0 Å². The number of nitrogens with one attached hydrogen (secondary N) is 1. The Morgan fingerprint density at radius 2 is 1.96 bits per heavy atom. The summed E-state index contributed by atoms with van der Waals surface area (Å²) < 4.78 is 9.72. The monoisotopic (exact) mass is 381 g/mol. The van der Waals surface area contributed by atoms with Crippen LogP contribution in [0.4, 0.5) is 5.00 Å². The lowest BCUT2D eigenvalue weighted by Crippen LogP contribution is -2.26. The van der Waals surface area contributed by atoms with Gasteiger partial charge in [-0.1, -0.05) is 20.8 Å². The van der Waals surface area contributed by atoms with Crippen LogP contribution < -0.4 is 5.32 Å². The summed E-state index contributed by atoms with van der Waals surface area (Å²) in [5.74, 6) is -1.02. The van der Waals surface area contributed by atoms with Gasteiger partial charge in [0.25, 0.3) is 0 Å². The second-order valence-electron chi connectivity index (χ2n) is 7.54. The van der Waals surface area contributed by atoms with E-state index in [0.717, 1.165) is 29.7 Å². The van der Waals surface area contributed by atoms with Crippen molar-refractivity contribution in [2.75, 3.05) is 19.0 Å². The molecule has 0 fully saturated rings. The Morgan fingerprint density at radius 1 is 1.27 bits per heavy atom. The normalized spacial score (nSPS) is 16.6. The molecule has 0 aromatic carbocycles. The summed E-state index contributed by atoms with van der Waals surface area (Å²) in [4.78, 5) is 37.0. The molecule has 1 atom stereocenters. The van der Waals surface area contributed by atoms with E-state index in [1.807, 2.05) is 0 Å². The molecule has 2 rings (SSSR count). The summed E-state index contributed by atoms with van der Waals surface area (Å²) >= 11 is 1.41. The molecule has 1 aromatic heterocycles. The van der Waals surface area contributed by atoms with Gasteiger partial charge in [-0.05, 0) is 43.1 Å². The molecule has 0 saturated carbocycles. The minimum absolute atomic E-state index is 0.181. The fourth-order valence-corrected chi connectivity index (χ4v) is 4.54. The Morgan fingerprint density at radius 3 is 2.54 bits per heavy atom. The van der Waals surface area contributed by atoms with E-state index in [2.05, 4.69) is 30.8 Å². The fraction of sp³-hybridized carbons (Fsp3) is 0.632. The Hall–Kier alpha value is -1.89. The molecule has 0 radical (unpaired) electrons. The van der Waals surface area contributed by atoms with E-state index >= 15 is 0 Å². The van der Waals surface area contributed by atoms with Gasteiger partial charge in [-0.15, -0.1) is 11.3 Å². The first kappa shape index (κ1) is 20.4. The number of methoxy groups -OCH3 is 1. The van der Waals surface area contributed by atoms with Gasteiger partial charge < -0.3 is 14.8 Å². The van der Waals surface area contributed by atoms with E-state index in [-0.39, 0.29) is 18.4 Å². The summed E-state index contributed by atoms with van der Waals surface area (Å²) in [6.45, 7) is 8.69. The van der Waals surface area contributed by atoms with E-state index in [1.54, 1.807) is 6.92 Å². The van der Waals surface area contributed by atoms with Gasteiger partial charge in [0, 0.05) is 4.88 Å². The van der Waals surface area contributed by atoms with Gasteiger partial charge >= 0.3 is 11.9 Å². The van der Waals surface area contributed by atoms with E-state index in [9.17, 15) is 14.4 Å². The number of carbonyl (C=O) groups excluding carboxylic acids is 3. The van der Waals surface area contributed by atoms with Crippen molar-refractivity contribution < 1.29 is 23.9 Å². The standard InChI is InChI=1S/C19H27NO5S/c1-6-25-18(23)16-12-8-7-11(19(2,3)4)9-13(12)26-17(16)20-14(21)10-15(22)24-5/h11H,6-10H2,1-5H3,(H,20,21). The molecule has 1 N–H and O–H groups in total. The highest BCUT2D eigenvalue weighted by Crippen LogP contribution is 2.44. The highest BCUT2D eigenvalue weighted by atomic mass is 32.1. The number of carbonyl (C=O) groups is 3. The molecular formula is C19H27NO5S. The SMILES string of the molecule is CCOC(=O)c1c(NC(=O)CC(=O)OC)sc2c1CCC(C(C)(C)C)C2. The van der Waals surface area contributed by atoms with Crippen LogP contribution in [0, 0.1) is 11.3 Å². The number of amides is 1. The maximum Gasteiger partial charge on any atom is 0.341 e. The van der Waals surface area contributed by atoms with Crippen molar-refractivity contribution in [3.05, 3.63) is 16.0 Å². The van der Waals surface area contributed by atoms with Gasteiger partial charge in [0.15, 0.2) is 0 Å². The van der Waals surface area contributed by atoms with Crippen molar-refractivity contribution in [1.29, 1.82) is 0 Å². The average molecular weight is 381 g/mol. The third-order valence-corrected chi connectivity index (χ3v) is 5.92. The number of fused-ring (bicyclic) bond motifs is 1. The maximum absolute atomic E-state index is 12.5. The molecule has 0 bridgehead atoms. The number of hydrogen-bond acceptors (Lipinski definition) is 6. The van der Waals surface area contributed by atoms with Crippen LogP contribution in [0.25, 0.3) is 0 Å². The molecule has 1 aliphatic carbocycles. The van der Waals surface area contributed by atoms with Crippen LogP contribution in [0.1, 0.15) is 61.3 Å². The largest absolute Gasteiger partial charge is 0.469 e. The topological polar surface area (TPSA) is 81.7 Å². The highest BCUT2D eigenvalue weighted by Gasteiger charge is 2.34. The van der Waals surface area contributed by atoms with Crippen LogP contribution >= 0.6 is 11.3 Å².